The molecule has 4 heteroatoms. The number of ether oxygens (including phenoxy) is 2. The Morgan fingerprint density at radius 2 is 2.33 bits per heavy atom. The molecule has 15 heavy (non-hydrogen) atoms. The fraction of sp³-hybridized carbons (Fsp3) is 0.364. The number of rotatable bonds is 2. The summed E-state index contributed by atoms with van der Waals surface area (Å²) in [5.41, 5.74) is 1.14. The summed E-state index contributed by atoms with van der Waals surface area (Å²) in [5.74, 6) is 0.137. The zero-order valence-corrected chi connectivity index (χ0v) is 8.40. The average Bonchev–Trinajstić information content (AvgIpc) is 2.27. The van der Waals surface area contributed by atoms with Gasteiger partial charge in [-0.3, -0.25) is 0 Å². The van der Waals surface area contributed by atoms with E-state index in [0.29, 0.717) is 11.5 Å². The SMILES string of the molecule is CCc1ccc2c(c1)OC[C@@H](C(=O)O)O2. The van der Waals surface area contributed by atoms with Crippen molar-refractivity contribution in [2.75, 3.05) is 6.61 Å². The quantitative estimate of drug-likeness (QED) is 0.799. The van der Waals surface area contributed by atoms with Crippen LogP contribution in [0.3, 0.4) is 0 Å². The molecule has 0 amide bonds. The largest absolute Gasteiger partial charge is 0.485 e. The first-order valence-electron chi connectivity index (χ1n) is 4.86. The summed E-state index contributed by atoms with van der Waals surface area (Å²) in [5, 5.41) is 8.76. The Balaban J connectivity index is 2.24. The van der Waals surface area contributed by atoms with E-state index in [2.05, 4.69) is 0 Å². The maximum Gasteiger partial charge on any atom is 0.348 e. The molecule has 0 aromatic heterocycles. The molecule has 0 bridgehead atoms. The molecule has 4 nitrogen and oxygen atoms in total. The molecular weight excluding hydrogens is 196 g/mol. The van der Waals surface area contributed by atoms with E-state index in [4.69, 9.17) is 14.6 Å². The standard InChI is InChI=1S/C11H12O4/c1-2-7-3-4-8-9(5-7)14-6-10(15-8)11(12)13/h3-5,10H,2,6H2,1H3,(H,12,13)/t10-/m0/s1. The smallest absolute Gasteiger partial charge is 0.348 e. The number of aryl methyl sites for hydroxylation is 1. The molecule has 0 saturated carbocycles. The molecule has 1 aliphatic heterocycles. The highest BCUT2D eigenvalue weighted by atomic mass is 16.6. The summed E-state index contributed by atoms with van der Waals surface area (Å²) in [6.07, 6.45) is 0.0175. The highest BCUT2D eigenvalue weighted by Crippen LogP contribution is 2.32. The molecule has 1 N–H and O–H groups in total. The summed E-state index contributed by atoms with van der Waals surface area (Å²) < 4.78 is 10.6. The monoisotopic (exact) mass is 208 g/mol. The lowest BCUT2D eigenvalue weighted by Crippen LogP contribution is -2.36. The first-order chi connectivity index (χ1) is 7.20. The van der Waals surface area contributed by atoms with Crippen molar-refractivity contribution in [1.29, 1.82) is 0 Å². The molecule has 0 radical (unpaired) electrons. The van der Waals surface area contributed by atoms with Crippen LogP contribution in [0.2, 0.25) is 0 Å². The van der Waals surface area contributed by atoms with Crippen LogP contribution in [-0.2, 0) is 11.2 Å². The van der Waals surface area contributed by atoms with E-state index in [-0.39, 0.29) is 6.61 Å². The van der Waals surface area contributed by atoms with Crippen LogP contribution in [0.15, 0.2) is 18.2 Å². The fourth-order valence-electron chi connectivity index (χ4n) is 1.46. The van der Waals surface area contributed by atoms with E-state index < -0.39 is 12.1 Å². The number of benzene rings is 1. The molecule has 0 saturated heterocycles. The van der Waals surface area contributed by atoms with E-state index in [9.17, 15) is 4.79 Å². The average molecular weight is 208 g/mol. The van der Waals surface area contributed by atoms with Crippen molar-refractivity contribution in [3.63, 3.8) is 0 Å². The number of hydrogen-bond acceptors (Lipinski definition) is 3. The molecule has 0 aliphatic carbocycles. The van der Waals surface area contributed by atoms with Crippen molar-refractivity contribution in [3.05, 3.63) is 23.8 Å². The van der Waals surface area contributed by atoms with Gasteiger partial charge in [0.2, 0.25) is 6.10 Å². The van der Waals surface area contributed by atoms with Gasteiger partial charge in [-0.25, -0.2) is 4.79 Å². The molecule has 1 heterocycles. The minimum atomic E-state index is -1.000. The lowest BCUT2D eigenvalue weighted by Gasteiger charge is -2.24. The van der Waals surface area contributed by atoms with Crippen LogP contribution in [0, 0.1) is 0 Å². The van der Waals surface area contributed by atoms with Crippen LogP contribution in [0.4, 0.5) is 0 Å². The van der Waals surface area contributed by atoms with Crippen molar-refractivity contribution in [2.24, 2.45) is 0 Å². The molecule has 1 aromatic carbocycles. The molecule has 0 fully saturated rings. The Hall–Kier alpha value is -1.71. The van der Waals surface area contributed by atoms with Gasteiger partial charge in [-0.05, 0) is 24.1 Å². The first-order valence-corrected chi connectivity index (χ1v) is 4.86. The maximum absolute atomic E-state index is 10.7. The van der Waals surface area contributed by atoms with E-state index >= 15 is 0 Å². The van der Waals surface area contributed by atoms with Crippen molar-refractivity contribution in [1.82, 2.24) is 0 Å². The van der Waals surface area contributed by atoms with Crippen LogP contribution >= 0.6 is 0 Å². The van der Waals surface area contributed by atoms with Gasteiger partial charge in [0.1, 0.15) is 6.61 Å². The molecule has 1 aromatic rings. The molecule has 1 aliphatic rings. The number of carboxylic acids is 1. The number of carboxylic acid groups (broad SMARTS) is 1. The molecule has 1 atom stereocenters. The van der Waals surface area contributed by atoms with Gasteiger partial charge in [-0.15, -0.1) is 0 Å². The number of hydrogen-bond donors (Lipinski definition) is 1. The summed E-state index contributed by atoms with van der Waals surface area (Å²) in [7, 11) is 0. The normalized spacial score (nSPS) is 18.6. The second-order valence-electron chi connectivity index (χ2n) is 3.39. The number of carbonyl (C=O) groups is 1. The molecular formula is C11H12O4. The minimum absolute atomic E-state index is 0.0650. The van der Waals surface area contributed by atoms with Gasteiger partial charge in [0.05, 0.1) is 0 Å². The van der Waals surface area contributed by atoms with Crippen LogP contribution < -0.4 is 9.47 Å². The Kier molecular flexibility index (Phi) is 2.49. The Labute approximate surface area is 87.4 Å². The molecule has 0 unspecified atom stereocenters. The van der Waals surface area contributed by atoms with Crippen LogP contribution in [0.5, 0.6) is 11.5 Å². The molecule has 0 spiro atoms. The lowest BCUT2D eigenvalue weighted by atomic mass is 10.1. The van der Waals surface area contributed by atoms with Crippen molar-refractivity contribution >= 4 is 5.97 Å². The zero-order chi connectivity index (χ0) is 10.8. The van der Waals surface area contributed by atoms with Crippen molar-refractivity contribution < 1.29 is 19.4 Å². The van der Waals surface area contributed by atoms with Gasteiger partial charge >= 0.3 is 5.97 Å². The Bertz CT molecular complexity index is 386. The fourth-order valence-corrected chi connectivity index (χ4v) is 1.46. The highest BCUT2D eigenvalue weighted by Gasteiger charge is 2.26. The molecule has 80 valence electrons. The predicted molar refractivity (Wildman–Crippen MR) is 53.4 cm³/mol. The Morgan fingerprint density at radius 3 is 3.00 bits per heavy atom. The van der Waals surface area contributed by atoms with E-state index in [1.54, 1.807) is 6.07 Å². The summed E-state index contributed by atoms with van der Waals surface area (Å²) in [6, 6.07) is 5.54. The third-order valence-corrected chi connectivity index (χ3v) is 2.35. The minimum Gasteiger partial charge on any atom is -0.485 e. The van der Waals surface area contributed by atoms with E-state index in [1.165, 1.54) is 0 Å². The van der Waals surface area contributed by atoms with Crippen LogP contribution in [0.1, 0.15) is 12.5 Å². The maximum atomic E-state index is 10.7. The van der Waals surface area contributed by atoms with Crippen LogP contribution in [-0.4, -0.2) is 23.8 Å². The van der Waals surface area contributed by atoms with Gasteiger partial charge in [-0.1, -0.05) is 13.0 Å². The third kappa shape index (κ3) is 1.88. The van der Waals surface area contributed by atoms with Gasteiger partial charge in [0.15, 0.2) is 11.5 Å². The number of aliphatic carboxylic acids is 1. The highest BCUT2D eigenvalue weighted by molar-refractivity contribution is 5.73. The second kappa shape index (κ2) is 3.81. The predicted octanol–water partition coefficient (Wildman–Crippen LogP) is 1.47. The van der Waals surface area contributed by atoms with Gasteiger partial charge in [0, 0.05) is 0 Å². The second-order valence-corrected chi connectivity index (χ2v) is 3.39. The lowest BCUT2D eigenvalue weighted by molar-refractivity contribution is -0.147. The summed E-state index contributed by atoms with van der Waals surface area (Å²) in [6.45, 7) is 2.11. The van der Waals surface area contributed by atoms with Crippen molar-refractivity contribution in [3.8, 4) is 11.5 Å². The number of fused-ring (bicyclic) bond motifs is 1. The van der Waals surface area contributed by atoms with Gasteiger partial charge < -0.3 is 14.6 Å². The third-order valence-electron chi connectivity index (χ3n) is 2.35. The molecule has 2 rings (SSSR count). The van der Waals surface area contributed by atoms with E-state index in [1.807, 2.05) is 19.1 Å². The zero-order valence-electron chi connectivity index (χ0n) is 8.40. The van der Waals surface area contributed by atoms with Gasteiger partial charge in [0.25, 0.3) is 0 Å². The Morgan fingerprint density at radius 1 is 1.53 bits per heavy atom. The summed E-state index contributed by atoms with van der Waals surface area (Å²) in [4.78, 5) is 10.7. The van der Waals surface area contributed by atoms with Crippen LogP contribution in [0.25, 0.3) is 0 Å². The summed E-state index contributed by atoms with van der Waals surface area (Å²) >= 11 is 0. The van der Waals surface area contributed by atoms with E-state index in [0.717, 1.165) is 12.0 Å². The topological polar surface area (TPSA) is 55.8 Å². The van der Waals surface area contributed by atoms with Gasteiger partial charge in [-0.2, -0.15) is 0 Å². The van der Waals surface area contributed by atoms with Crippen molar-refractivity contribution in [2.45, 2.75) is 19.4 Å². The first kappa shape index (κ1) is 9.83.